The largest absolute Gasteiger partial charge is 0.271 e. The fraction of sp³-hybridized carbons (Fsp3) is 0.0667. The average molecular weight is 430 g/mol. The molecule has 0 bridgehead atoms. The minimum absolute atomic E-state index is 0.217. The van der Waals surface area contributed by atoms with Gasteiger partial charge in [-0.1, -0.05) is 115 Å². The first-order valence-electron chi connectivity index (χ1n) is 11.0. The summed E-state index contributed by atoms with van der Waals surface area (Å²) in [5.41, 5.74) is 4.70. The van der Waals surface area contributed by atoms with Crippen LogP contribution in [0.15, 0.2) is 127 Å². The third-order valence-electron chi connectivity index (χ3n) is 6.27. The van der Waals surface area contributed by atoms with Crippen LogP contribution in [0.5, 0.6) is 0 Å². The van der Waals surface area contributed by atoms with Crippen molar-refractivity contribution in [3.63, 3.8) is 0 Å². The summed E-state index contributed by atoms with van der Waals surface area (Å²) in [6, 6.07) is 39.3. The van der Waals surface area contributed by atoms with E-state index in [4.69, 9.17) is 0 Å². The third kappa shape index (κ3) is 3.58. The van der Waals surface area contributed by atoms with Crippen molar-refractivity contribution in [1.82, 2.24) is 4.90 Å². The second kappa shape index (κ2) is 8.71. The molecular weight excluding hydrogens is 406 g/mol. The van der Waals surface area contributed by atoms with Crippen LogP contribution >= 0.6 is 0 Å². The van der Waals surface area contributed by atoms with Crippen LogP contribution in [0.4, 0.5) is 0 Å². The third-order valence-corrected chi connectivity index (χ3v) is 6.27. The molecule has 3 heteroatoms. The summed E-state index contributed by atoms with van der Waals surface area (Å²) < 4.78 is 0. The topological polar surface area (TPSA) is 37.4 Å². The second-order valence-corrected chi connectivity index (χ2v) is 8.10. The molecule has 0 fully saturated rings. The Morgan fingerprint density at radius 1 is 0.515 bits per heavy atom. The van der Waals surface area contributed by atoms with Crippen LogP contribution in [0.2, 0.25) is 0 Å². The summed E-state index contributed by atoms with van der Waals surface area (Å²) in [5.74, 6) is -0.556. The monoisotopic (exact) mass is 429 g/mol. The molecule has 0 radical (unpaired) electrons. The van der Waals surface area contributed by atoms with E-state index >= 15 is 0 Å². The number of carbonyl (C=O) groups is 2. The smallest absolute Gasteiger partial charge is 0.253 e. The SMILES string of the molecule is O=C1C=CC(=O)N1Cc1ccccc1C(c1ccccc1)(c1ccccc1)c1ccccc1. The highest BCUT2D eigenvalue weighted by molar-refractivity contribution is 6.12. The van der Waals surface area contributed by atoms with E-state index < -0.39 is 5.41 Å². The number of imide groups is 1. The van der Waals surface area contributed by atoms with Crippen molar-refractivity contribution in [1.29, 1.82) is 0 Å². The predicted molar refractivity (Wildman–Crippen MR) is 129 cm³/mol. The zero-order valence-electron chi connectivity index (χ0n) is 18.1. The molecule has 0 atom stereocenters. The number of hydrogen-bond acceptors (Lipinski definition) is 2. The molecule has 0 aliphatic carbocycles. The molecule has 0 N–H and O–H groups in total. The van der Waals surface area contributed by atoms with Gasteiger partial charge in [-0.2, -0.15) is 0 Å². The molecule has 4 aromatic rings. The van der Waals surface area contributed by atoms with Gasteiger partial charge in [0.05, 0.1) is 12.0 Å². The van der Waals surface area contributed by atoms with Crippen LogP contribution in [-0.2, 0) is 21.5 Å². The molecule has 5 rings (SSSR count). The lowest BCUT2D eigenvalue weighted by atomic mass is 9.64. The van der Waals surface area contributed by atoms with Gasteiger partial charge in [-0.15, -0.1) is 0 Å². The Morgan fingerprint density at radius 3 is 1.36 bits per heavy atom. The number of amides is 2. The van der Waals surface area contributed by atoms with Crippen LogP contribution in [0.25, 0.3) is 0 Å². The Labute approximate surface area is 193 Å². The molecule has 0 saturated carbocycles. The van der Waals surface area contributed by atoms with Crippen LogP contribution in [0.1, 0.15) is 27.8 Å². The van der Waals surface area contributed by atoms with E-state index in [-0.39, 0.29) is 18.4 Å². The molecule has 160 valence electrons. The lowest BCUT2D eigenvalue weighted by molar-refractivity contribution is -0.137. The number of hydrogen-bond donors (Lipinski definition) is 0. The Hall–Kier alpha value is -4.24. The van der Waals surface area contributed by atoms with E-state index in [1.54, 1.807) is 0 Å². The van der Waals surface area contributed by atoms with Gasteiger partial charge in [-0.25, -0.2) is 0 Å². The van der Waals surface area contributed by atoms with Gasteiger partial charge < -0.3 is 0 Å². The Morgan fingerprint density at radius 2 is 0.909 bits per heavy atom. The quantitative estimate of drug-likeness (QED) is 0.300. The van der Waals surface area contributed by atoms with Crippen molar-refractivity contribution in [2.75, 3.05) is 0 Å². The van der Waals surface area contributed by atoms with Gasteiger partial charge in [0.2, 0.25) is 0 Å². The van der Waals surface area contributed by atoms with Crippen molar-refractivity contribution in [3.05, 3.63) is 155 Å². The zero-order valence-corrected chi connectivity index (χ0v) is 18.1. The molecule has 1 aliphatic heterocycles. The molecule has 2 amide bonds. The van der Waals surface area contributed by atoms with Gasteiger partial charge in [-0.3, -0.25) is 14.5 Å². The number of carbonyl (C=O) groups excluding carboxylic acids is 2. The zero-order chi connectivity index (χ0) is 22.7. The lowest BCUT2D eigenvalue weighted by Gasteiger charge is -2.38. The fourth-order valence-corrected chi connectivity index (χ4v) is 4.81. The van der Waals surface area contributed by atoms with E-state index in [0.29, 0.717) is 0 Å². The summed E-state index contributed by atoms with van der Waals surface area (Å²) in [5, 5.41) is 0. The summed E-state index contributed by atoms with van der Waals surface area (Å²) >= 11 is 0. The van der Waals surface area contributed by atoms with Crippen LogP contribution < -0.4 is 0 Å². The van der Waals surface area contributed by atoms with Crippen molar-refractivity contribution < 1.29 is 9.59 Å². The highest BCUT2D eigenvalue weighted by Gasteiger charge is 2.40. The Kier molecular flexibility index (Phi) is 5.45. The number of nitrogens with zero attached hydrogens (tertiary/aromatic N) is 1. The molecule has 1 aliphatic rings. The Balaban J connectivity index is 1.82. The van der Waals surface area contributed by atoms with Crippen molar-refractivity contribution >= 4 is 11.8 Å². The molecule has 3 nitrogen and oxygen atoms in total. The summed E-state index contributed by atoms with van der Waals surface area (Å²) in [4.78, 5) is 26.1. The molecule has 0 spiro atoms. The molecule has 0 unspecified atom stereocenters. The maximum absolute atomic E-state index is 12.4. The fourth-order valence-electron chi connectivity index (χ4n) is 4.81. The van der Waals surface area contributed by atoms with Crippen molar-refractivity contribution in [2.24, 2.45) is 0 Å². The lowest BCUT2D eigenvalue weighted by Crippen LogP contribution is -2.35. The van der Waals surface area contributed by atoms with Gasteiger partial charge in [0.1, 0.15) is 0 Å². The molecule has 33 heavy (non-hydrogen) atoms. The van der Waals surface area contributed by atoms with Gasteiger partial charge in [0.25, 0.3) is 11.8 Å². The van der Waals surface area contributed by atoms with Crippen LogP contribution in [-0.4, -0.2) is 16.7 Å². The first kappa shape index (κ1) is 20.7. The molecular formula is C30H23NO2. The maximum Gasteiger partial charge on any atom is 0.253 e. The van der Waals surface area contributed by atoms with E-state index in [0.717, 1.165) is 27.8 Å². The average Bonchev–Trinajstić information content (AvgIpc) is 3.20. The maximum atomic E-state index is 12.4. The van der Waals surface area contributed by atoms with Gasteiger partial charge in [-0.05, 0) is 27.8 Å². The van der Waals surface area contributed by atoms with Crippen LogP contribution in [0, 0.1) is 0 Å². The standard InChI is InChI=1S/C30H23NO2/c32-28-20-21-29(33)31(28)22-23-12-10-11-19-27(23)30(24-13-4-1-5-14-24,25-15-6-2-7-16-25)26-17-8-3-9-18-26/h1-21H,22H2. The van der Waals surface area contributed by atoms with Crippen molar-refractivity contribution in [3.8, 4) is 0 Å². The molecule has 0 aromatic heterocycles. The summed E-state index contributed by atoms with van der Waals surface area (Å²) in [6.45, 7) is 0.217. The summed E-state index contributed by atoms with van der Waals surface area (Å²) in [6.07, 6.45) is 2.67. The van der Waals surface area contributed by atoms with E-state index in [2.05, 4.69) is 78.9 Å². The van der Waals surface area contributed by atoms with Crippen LogP contribution in [0.3, 0.4) is 0 Å². The second-order valence-electron chi connectivity index (χ2n) is 8.10. The molecule has 4 aromatic carbocycles. The van der Waals surface area contributed by atoms with Crippen molar-refractivity contribution in [2.45, 2.75) is 12.0 Å². The van der Waals surface area contributed by atoms with E-state index in [1.165, 1.54) is 17.1 Å². The highest BCUT2D eigenvalue weighted by atomic mass is 16.2. The number of rotatable bonds is 6. The van der Waals surface area contributed by atoms with Gasteiger partial charge >= 0.3 is 0 Å². The predicted octanol–water partition coefficient (Wildman–Crippen LogP) is 5.49. The minimum atomic E-state index is -0.625. The highest BCUT2D eigenvalue weighted by Crippen LogP contribution is 2.46. The normalized spacial score (nSPS) is 13.5. The van der Waals surface area contributed by atoms with Gasteiger partial charge in [0.15, 0.2) is 0 Å². The van der Waals surface area contributed by atoms with E-state index in [9.17, 15) is 9.59 Å². The molecule has 1 heterocycles. The minimum Gasteiger partial charge on any atom is -0.271 e. The van der Waals surface area contributed by atoms with Gasteiger partial charge in [0, 0.05) is 12.2 Å². The molecule has 0 saturated heterocycles. The Bertz CT molecular complexity index is 1200. The number of benzene rings is 4. The first-order chi connectivity index (χ1) is 16.2. The summed E-state index contributed by atoms with van der Waals surface area (Å²) in [7, 11) is 0. The first-order valence-corrected chi connectivity index (χ1v) is 11.0. The van der Waals surface area contributed by atoms with E-state index in [1.807, 2.05) is 36.4 Å².